The van der Waals surface area contributed by atoms with Crippen LogP contribution in [0.2, 0.25) is 5.02 Å². The van der Waals surface area contributed by atoms with Gasteiger partial charge >= 0.3 is 0 Å². The van der Waals surface area contributed by atoms with Crippen LogP contribution in [0.3, 0.4) is 0 Å². The Kier molecular flexibility index (Phi) is 6.28. The van der Waals surface area contributed by atoms with Gasteiger partial charge in [-0.1, -0.05) is 28.9 Å². The molecule has 1 heterocycles. The van der Waals surface area contributed by atoms with Crippen LogP contribution in [0.25, 0.3) is 0 Å². The minimum Gasteiger partial charge on any atom is -0.360 e. The van der Waals surface area contributed by atoms with E-state index in [2.05, 4.69) is 10.5 Å². The van der Waals surface area contributed by atoms with Gasteiger partial charge in [0, 0.05) is 18.0 Å². The zero-order valence-corrected chi connectivity index (χ0v) is 15.1. The number of aromatic nitrogens is 1. The number of carbonyl (C=O) groups is 2. The van der Waals surface area contributed by atoms with Crippen molar-refractivity contribution in [3.63, 3.8) is 0 Å². The quantitative estimate of drug-likeness (QED) is 0.793. The fourth-order valence-corrected chi connectivity index (χ4v) is 3.26. The molecule has 1 aromatic carbocycles. The van der Waals surface area contributed by atoms with E-state index in [9.17, 15) is 9.59 Å². The first-order valence-electron chi connectivity index (χ1n) is 7.26. The normalized spacial score (nSPS) is 11.8. The number of carbonyl (C=O) groups excluding carboxylic acids is 2. The molecular formula is C16H18ClN3O3S. The van der Waals surface area contributed by atoms with Gasteiger partial charge in [-0.2, -0.15) is 0 Å². The van der Waals surface area contributed by atoms with Crippen molar-refractivity contribution in [3.05, 3.63) is 41.1 Å². The number of amides is 2. The van der Waals surface area contributed by atoms with Gasteiger partial charge in [-0.25, -0.2) is 0 Å². The average molecular weight is 368 g/mol. The molecule has 128 valence electrons. The van der Waals surface area contributed by atoms with Crippen LogP contribution >= 0.6 is 23.4 Å². The second-order valence-electron chi connectivity index (χ2n) is 5.26. The van der Waals surface area contributed by atoms with Crippen molar-refractivity contribution in [2.75, 3.05) is 18.9 Å². The molecule has 0 aliphatic heterocycles. The van der Waals surface area contributed by atoms with Gasteiger partial charge in [0.1, 0.15) is 5.76 Å². The van der Waals surface area contributed by atoms with Crippen molar-refractivity contribution in [2.24, 2.45) is 0 Å². The Labute approximate surface area is 149 Å². The van der Waals surface area contributed by atoms with E-state index in [1.54, 1.807) is 33.0 Å². The number of hydrogen-bond donors (Lipinski definition) is 1. The van der Waals surface area contributed by atoms with Gasteiger partial charge in [0.15, 0.2) is 5.82 Å². The first kappa shape index (κ1) is 18.4. The second kappa shape index (κ2) is 8.21. The summed E-state index contributed by atoms with van der Waals surface area (Å²) in [4.78, 5) is 26.6. The molecule has 24 heavy (non-hydrogen) atoms. The summed E-state index contributed by atoms with van der Waals surface area (Å²) in [6, 6.07) is 8.94. The number of likely N-dealkylation sites (N-methyl/N-ethyl adjacent to an activating group) is 1. The fourth-order valence-electron chi connectivity index (χ4n) is 1.99. The van der Waals surface area contributed by atoms with E-state index < -0.39 is 0 Å². The van der Waals surface area contributed by atoms with Crippen LogP contribution in [0.15, 0.2) is 39.8 Å². The summed E-state index contributed by atoms with van der Waals surface area (Å²) >= 11 is 7.46. The van der Waals surface area contributed by atoms with E-state index in [1.165, 1.54) is 16.7 Å². The number of nitrogens with zero attached hydrogens (tertiary/aromatic N) is 2. The minimum absolute atomic E-state index is 0.0713. The largest absolute Gasteiger partial charge is 0.360 e. The first-order valence-corrected chi connectivity index (χ1v) is 8.52. The van der Waals surface area contributed by atoms with E-state index in [4.69, 9.17) is 16.1 Å². The molecule has 0 bridgehead atoms. The number of aryl methyl sites for hydroxylation is 1. The van der Waals surface area contributed by atoms with Gasteiger partial charge in [0.05, 0.1) is 16.8 Å². The van der Waals surface area contributed by atoms with Gasteiger partial charge in [-0.05, 0) is 26.0 Å². The average Bonchev–Trinajstić information content (AvgIpc) is 2.93. The third-order valence-corrected chi connectivity index (χ3v) is 4.75. The molecule has 0 saturated heterocycles. The summed E-state index contributed by atoms with van der Waals surface area (Å²) in [5, 5.41) is 6.50. The summed E-state index contributed by atoms with van der Waals surface area (Å²) in [6.07, 6.45) is 0. The number of benzene rings is 1. The van der Waals surface area contributed by atoms with Crippen LogP contribution in [0.5, 0.6) is 0 Å². The maximum absolute atomic E-state index is 12.4. The zero-order valence-electron chi connectivity index (χ0n) is 13.6. The molecule has 2 amide bonds. The molecule has 2 rings (SSSR count). The van der Waals surface area contributed by atoms with E-state index in [1.807, 2.05) is 18.2 Å². The third kappa shape index (κ3) is 5.01. The summed E-state index contributed by atoms with van der Waals surface area (Å²) in [5.74, 6) is 0.428. The Morgan fingerprint density at radius 3 is 2.75 bits per heavy atom. The van der Waals surface area contributed by atoms with Crippen LogP contribution < -0.4 is 5.32 Å². The molecule has 0 fully saturated rings. The Morgan fingerprint density at radius 2 is 2.12 bits per heavy atom. The molecule has 8 heteroatoms. The van der Waals surface area contributed by atoms with Crippen LogP contribution in [-0.4, -0.2) is 40.7 Å². The summed E-state index contributed by atoms with van der Waals surface area (Å²) in [7, 11) is 1.58. The van der Waals surface area contributed by atoms with Crippen LogP contribution in [0.4, 0.5) is 5.82 Å². The summed E-state index contributed by atoms with van der Waals surface area (Å²) in [5.41, 5.74) is 0. The zero-order chi connectivity index (χ0) is 17.7. The minimum atomic E-state index is -0.364. The van der Waals surface area contributed by atoms with Gasteiger partial charge in [-0.3, -0.25) is 9.59 Å². The molecule has 1 aromatic heterocycles. The number of hydrogen-bond acceptors (Lipinski definition) is 5. The van der Waals surface area contributed by atoms with Crippen molar-refractivity contribution >= 4 is 41.0 Å². The molecule has 0 aliphatic carbocycles. The van der Waals surface area contributed by atoms with Crippen molar-refractivity contribution in [1.29, 1.82) is 0 Å². The Morgan fingerprint density at radius 1 is 1.42 bits per heavy atom. The number of halogens is 1. The molecule has 1 atom stereocenters. The molecule has 2 aromatic rings. The van der Waals surface area contributed by atoms with E-state index in [-0.39, 0.29) is 23.6 Å². The first-order chi connectivity index (χ1) is 11.4. The summed E-state index contributed by atoms with van der Waals surface area (Å²) in [6.45, 7) is 3.44. The highest BCUT2D eigenvalue weighted by molar-refractivity contribution is 8.00. The maximum Gasteiger partial charge on any atom is 0.245 e. The standard InChI is InChI=1S/C16H18ClN3O3S/c1-10-8-14(19-23-10)18-15(21)9-20(3)16(22)11(2)24-13-7-5-4-6-12(13)17/h4-8,11H,9H2,1-3H3,(H,18,19,21). The lowest BCUT2D eigenvalue weighted by molar-refractivity contribution is -0.132. The van der Waals surface area contributed by atoms with Crippen LogP contribution in [0, 0.1) is 6.92 Å². The number of rotatable bonds is 6. The van der Waals surface area contributed by atoms with Crippen molar-refractivity contribution in [2.45, 2.75) is 24.0 Å². The maximum atomic E-state index is 12.4. The molecular weight excluding hydrogens is 350 g/mol. The molecule has 1 N–H and O–H groups in total. The highest BCUT2D eigenvalue weighted by Crippen LogP contribution is 2.30. The van der Waals surface area contributed by atoms with Crippen molar-refractivity contribution < 1.29 is 14.1 Å². The summed E-state index contributed by atoms with van der Waals surface area (Å²) < 4.78 is 4.87. The Hall–Kier alpha value is -1.99. The highest BCUT2D eigenvalue weighted by atomic mass is 35.5. The predicted molar refractivity (Wildman–Crippen MR) is 94.3 cm³/mol. The third-order valence-electron chi connectivity index (χ3n) is 3.14. The lowest BCUT2D eigenvalue weighted by Gasteiger charge is -2.20. The molecule has 0 aliphatic rings. The van der Waals surface area contributed by atoms with Crippen LogP contribution in [-0.2, 0) is 9.59 Å². The van der Waals surface area contributed by atoms with Gasteiger partial charge in [0.2, 0.25) is 11.8 Å². The number of thioether (sulfide) groups is 1. The monoisotopic (exact) mass is 367 g/mol. The highest BCUT2D eigenvalue weighted by Gasteiger charge is 2.21. The fraction of sp³-hybridized carbons (Fsp3) is 0.312. The topological polar surface area (TPSA) is 75.4 Å². The molecule has 6 nitrogen and oxygen atoms in total. The van der Waals surface area contributed by atoms with Gasteiger partial charge < -0.3 is 14.7 Å². The van der Waals surface area contributed by atoms with Gasteiger partial charge in [0.25, 0.3) is 0 Å². The van der Waals surface area contributed by atoms with E-state index in [0.717, 1.165) is 4.90 Å². The SMILES string of the molecule is Cc1cc(NC(=O)CN(C)C(=O)C(C)Sc2ccccc2Cl)no1. The lowest BCUT2D eigenvalue weighted by Crippen LogP contribution is -2.38. The Balaban J connectivity index is 1.88. The predicted octanol–water partition coefficient (Wildman–Crippen LogP) is 3.21. The second-order valence-corrected chi connectivity index (χ2v) is 7.05. The smallest absolute Gasteiger partial charge is 0.245 e. The lowest BCUT2D eigenvalue weighted by atomic mass is 10.4. The number of nitrogens with one attached hydrogen (secondary N) is 1. The Bertz CT molecular complexity index is 735. The van der Waals surface area contributed by atoms with Crippen molar-refractivity contribution in [1.82, 2.24) is 10.1 Å². The van der Waals surface area contributed by atoms with Crippen LogP contribution in [0.1, 0.15) is 12.7 Å². The van der Waals surface area contributed by atoms with Crippen molar-refractivity contribution in [3.8, 4) is 0 Å². The number of anilines is 1. The van der Waals surface area contributed by atoms with E-state index in [0.29, 0.717) is 16.6 Å². The molecule has 0 spiro atoms. The van der Waals surface area contributed by atoms with E-state index >= 15 is 0 Å². The molecule has 1 unspecified atom stereocenters. The van der Waals surface area contributed by atoms with Gasteiger partial charge in [-0.15, -0.1) is 11.8 Å². The molecule has 0 saturated carbocycles. The molecule has 0 radical (unpaired) electrons.